The molecule has 0 fully saturated rings. The quantitative estimate of drug-likeness (QED) is 0.0778. The second kappa shape index (κ2) is 19.5. The predicted octanol–water partition coefficient (Wildman–Crippen LogP) is 13.0. The van der Waals surface area contributed by atoms with Crippen LogP contribution in [0.5, 0.6) is 17.2 Å². The molecule has 0 radical (unpaired) electrons. The monoisotopic (exact) mass is 1050 g/mol. The first-order chi connectivity index (χ1) is 37.3. The fraction of sp³-hybridized carbons (Fsp3) is 0.114. The lowest BCUT2D eigenvalue weighted by molar-refractivity contribution is 0.298. The Balaban J connectivity index is 1.34. The van der Waals surface area contributed by atoms with Gasteiger partial charge in [-0.05, 0) is 73.9 Å². The zero-order valence-electron chi connectivity index (χ0n) is 44.4. The molecular formula is C70H61O4PSi2. The molecule has 4 nitrogen and oxygen atoms in total. The summed E-state index contributed by atoms with van der Waals surface area (Å²) < 4.78 is 40.7. The molecule has 0 atom stereocenters. The number of benzene rings is 11. The summed E-state index contributed by atoms with van der Waals surface area (Å²) in [6.45, 7) is 13.0. The third kappa shape index (κ3) is 8.47. The molecule has 0 N–H and O–H groups in total. The van der Waals surface area contributed by atoms with Gasteiger partial charge in [0.2, 0.25) is 0 Å². The van der Waals surface area contributed by atoms with Crippen LogP contribution in [0.4, 0.5) is 0 Å². The minimum Gasteiger partial charge on any atom is -0.385 e. The van der Waals surface area contributed by atoms with Gasteiger partial charge in [0.05, 0.1) is 0 Å². The normalized spacial score (nSPS) is 13.4. The molecule has 378 valence electrons. The average molecular weight is 1050 g/mol. The van der Waals surface area contributed by atoms with E-state index in [0.29, 0.717) is 17.2 Å². The second-order valence-electron chi connectivity index (χ2n) is 22.3. The summed E-state index contributed by atoms with van der Waals surface area (Å²) in [5.74, 6) is 1.46. The molecule has 12 rings (SSSR count). The van der Waals surface area contributed by atoms with E-state index in [9.17, 15) is 0 Å². The molecule has 11 aromatic carbocycles. The van der Waals surface area contributed by atoms with Crippen molar-refractivity contribution < 1.29 is 18.1 Å². The van der Waals surface area contributed by atoms with Crippen LogP contribution in [0.3, 0.4) is 0 Å². The number of phosphoric ester groups is 1. The Morgan fingerprint density at radius 1 is 0.351 bits per heavy atom. The first-order valence-corrected chi connectivity index (χ1v) is 32.1. The largest absolute Gasteiger partial charge is 0.647 e. The van der Waals surface area contributed by atoms with E-state index in [4.69, 9.17) is 13.6 Å². The van der Waals surface area contributed by atoms with Gasteiger partial charge >= 0.3 is 7.82 Å². The summed E-state index contributed by atoms with van der Waals surface area (Å²) in [6, 6.07) is 93.3. The van der Waals surface area contributed by atoms with E-state index in [1.165, 1.54) is 0 Å². The molecule has 1 heterocycles. The van der Waals surface area contributed by atoms with Gasteiger partial charge in [-0.1, -0.05) is 302 Å². The topological polar surface area (TPSA) is 44.8 Å². The second-order valence-corrected chi connectivity index (χ2v) is 31.3. The molecule has 0 aromatic heterocycles. The van der Waals surface area contributed by atoms with Crippen LogP contribution in [-0.4, -0.2) is 16.1 Å². The van der Waals surface area contributed by atoms with Crippen LogP contribution in [0.1, 0.15) is 52.7 Å². The Morgan fingerprint density at radius 2 is 0.623 bits per heavy atom. The maximum atomic E-state index is 17.7. The number of rotatable bonds is 10. The van der Waals surface area contributed by atoms with Crippen molar-refractivity contribution in [2.75, 3.05) is 0 Å². The lowest BCUT2D eigenvalue weighted by Gasteiger charge is -2.36. The van der Waals surface area contributed by atoms with Gasteiger partial charge in [0.1, 0.15) is 17.2 Å². The van der Waals surface area contributed by atoms with E-state index in [2.05, 4.69) is 302 Å². The van der Waals surface area contributed by atoms with Crippen LogP contribution >= 0.6 is 7.82 Å². The maximum absolute atomic E-state index is 17.7. The van der Waals surface area contributed by atoms with Crippen LogP contribution in [0, 0.1) is 0 Å². The van der Waals surface area contributed by atoms with Gasteiger partial charge in [-0.15, -0.1) is 0 Å². The Labute approximate surface area is 455 Å². The zero-order chi connectivity index (χ0) is 53.0. The van der Waals surface area contributed by atoms with Crippen molar-refractivity contribution in [1.29, 1.82) is 0 Å². The Hall–Kier alpha value is -8.00. The van der Waals surface area contributed by atoms with Gasteiger partial charge in [-0.25, -0.2) is 0 Å². The highest BCUT2D eigenvalue weighted by Crippen LogP contribution is 2.60. The summed E-state index contributed by atoms with van der Waals surface area (Å²) in [6.07, 6.45) is 0. The highest BCUT2D eigenvalue weighted by molar-refractivity contribution is 7.50. The Kier molecular flexibility index (Phi) is 12.7. The summed E-state index contributed by atoms with van der Waals surface area (Å²) in [4.78, 5) is 0. The van der Waals surface area contributed by atoms with E-state index in [1.807, 2.05) is 0 Å². The van der Waals surface area contributed by atoms with E-state index in [1.54, 1.807) is 0 Å². The minimum atomic E-state index is -4.89. The van der Waals surface area contributed by atoms with Crippen molar-refractivity contribution in [3.8, 4) is 28.4 Å². The average Bonchev–Trinajstić information content (AvgIpc) is 3.72. The molecule has 0 unspecified atom stereocenters. The molecule has 0 bridgehead atoms. The van der Waals surface area contributed by atoms with Crippen molar-refractivity contribution in [1.82, 2.24) is 0 Å². The van der Waals surface area contributed by atoms with Crippen molar-refractivity contribution in [2.45, 2.75) is 52.4 Å². The molecule has 77 heavy (non-hydrogen) atoms. The molecule has 1 aliphatic heterocycles. The number of hydrogen-bond acceptors (Lipinski definition) is 4. The molecule has 0 spiro atoms. The van der Waals surface area contributed by atoms with E-state index in [0.717, 1.165) is 85.3 Å². The van der Waals surface area contributed by atoms with E-state index < -0.39 is 34.8 Å². The van der Waals surface area contributed by atoms with Crippen LogP contribution in [0.15, 0.2) is 261 Å². The highest BCUT2D eigenvalue weighted by atomic mass is 31.2. The molecule has 11 aromatic rings. The van der Waals surface area contributed by atoms with Crippen LogP contribution in [-0.2, 0) is 15.4 Å². The predicted molar refractivity (Wildman–Crippen MR) is 327 cm³/mol. The lowest BCUT2D eigenvalue weighted by Crippen LogP contribution is -2.75. The van der Waals surface area contributed by atoms with Gasteiger partial charge in [0.15, 0.2) is 16.1 Å². The zero-order valence-corrected chi connectivity index (χ0v) is 47.3. The molecule has 7 heteroatoms. The van der Waals surface area contributed by atoms with Crippen molar-refractivity contribution in [3.05, 3.63) is 272 Å². The van der Waals surface area contributed by atoms with Gasteiger partial charge < -0.3 is 13.6 Å². The van der Waals surface area contributed by atoms with Crippen LogP contribution in [0.2, 0.25) is 0 Å². The van der Waals surface area contributed by atoms with Crippen LogP contribution < -0.4 is 55.1 Å². The number of phosphoric acid groups is 1. The number of para-hydroxylation sites is 1. The minimum absolute atomic E-state index is 0.424. The number of hydrogen-bond donors (Lipinski definition) is 0. The standard InChI is InChI=1S/C70H61O4PSi2/c1-69(2,3)60-46-29-47-61(70(4,5)6)66(60)72-75(71)73-67-62(76(52-32-13-7-14-33-52,53-34-15-8-16-35-53)54-36-17-9-18-37-54)48-50-30-25-27-44-58(50)64(67)65-59-45-28-26-31-51(59)49-63(68(65)74-75)77(55-38-19-10-20-39-55,56-40-21-11-22-41-56)57-42-23-12-24-43-57/h7-49H,1-6H3. The maximum Gasteiger partial charge on any atom is 0.647 e. The Bertz CT molecular complexity index is 3540. The summed E-state index contributed by atoms with van der Waals surface area (Å²) >= 11 is 0. The van der Waals surface area contributed by atoms with Crippen molar-refractivity contribution in [3.63, 3.8) is 0 Å². The molecule has 0 saturated heterocycles. The Morgan fingerprint density at radius 3 is 0.909 bits per heavy atom. The van der Waals surface area contributed by atoms with Gasteiger partial charge in [0, 0.05) is 22.3 Å². The molecule has 1 aliphatic rings. The smallest absolute Gasteiger partial charge is 0.385 e. The van der Waals surface area contributed by atoms with Crippen molar-refractivity contribution >= 4 is 87.0 Å². The number of fused-ring (bicyclic) bond motifs is 7. The van der Waals surface area contributed by atoms with Gasteiger partial charge in [0.25, 0.3) is 0 Å². The third-order valence-corrected chi connectivity index (χ3v) is 26.3. The molecule has 0 saturated carbocycles. The summed E-state index contributed by atoms with van der Waals surface area (Å²) in [7, 11) is -11.9. The van der Waals surface area contributed by atoms with Gasteiger partial charge in [-0.3, -0.25) is 0 Å². The highest BCUT2D eigenvalue weighted by Gasteiger charge is 2.52. The first kappa shape index (κ1) is 49.9. The van der Waals surface area contributed by atoms with Gasteiger partial charge in [-0.2, -0.15) is 4.57 Å². The third-order valence-electron chi connectivity index (χ3n) is 15.5. The van der Waals surface area contributed by atoms with E-state index in [-0.39, 0.29) is 0 Å². The SMILES string of the molecule is CC(C)(C)c1cccc(C(C)(C)C)c1OP1(=O)Oc2c([Si](c3ccccc3)(c3ccccc3)c3ccccc3)cc3ccccc3c2-c2c(c([Si](c3ccccc3)(c3ccccc3)c3ccccc3)cc3ccccc23)O1. The van der Waals surface area contributed by atoms with Crippen LogP contribution in [0.25, 0.3) is 32.7 Å². The fourth-order valence-electron chi connectivity index (χ4n) is 12.2. The fourth-order valence-corrected chi connectivity index (χ4v) is 23.5. The van der Waals surface area contributed by atoms with Crippen molar-refractivity contribution in [2.24, 2.45) is 0 Å². The summed E-state index contributed by atoms with van der Waals surface area (Å²) in [5, 5.41) is 12.7. The summed E-state index contributed by atoms with van der Waals surface area (Å²) in [5.41, 5.74) is 2.57. The van der Waals surface area contributed by atoms with E-state index >= 15 is 4.57 Å². The lowest BCUT2D eigenvalue weighted by atomic mass is 9.80. The molecule has 0 amide bonds. The first-order valence-electron chi connectivity index (χ1n) is 26.6. The molecular weight excluding hydrogens is 992 g/mol. The molecule has 0 aliphatic carbocycles.